The van der Waals surface area contributed by atoms with E-state index in [0.29, 0.717) is 33.5 Å². The molecule has 0 saturated heterocycles. The summed E-state index contributed by atoms with van der Waals surface area (Å²) in [7, 11) is 4.56. The highest BCUT2D eigenvalue weighted by Crippen LogP contribution is 2.46. The molecule has 9 nitrogen and oxygen atoms in total. The van der Waals surface area contributed by atoms with Crippen molar-refractivity contribution in [3.63, 3.8) is 0 Å². The minimum Gasteiger partial charge on any atom is -0.503 e. The molecule has 2 aromatic heterocycles. The number of thiazole rings is 1. The van der Waals surface area contributed by atoms with Crippen molar-refractivity contribution in [2.75, 3.05) is 26.2 Å². The highest BCUT2D eigenvalue weighted by atomic mass is 32.1. The monoisotopic (exact) mass is 492 g/mol. The van der Waals surface area contributed by atoms with Crippen LogP contribution in [0.4, 0.5) is 5.13 Å². The Kier molecular flexibility index (Phi) is 5.65. The third-order valence-corrected chi connectivity index (χ3v) is 6.73. The van der Waals surface area contributed by atoms with Gasteiger partial charge in [-0.15, -0.1) is 0 Å². The van der Waals surface area contributed by atoms with Crippen LogP contribution in [-0.4, -0.2) is 43.1 Å². The molecule has 5 rings (SSSR count). The second-order valence-electron chi connectivity index (χ2n) is 7.59. The minimum atomic E-state index is -0.984. The number of hydrogen-bond acceptors (Lipinski definition) is 9. The van der Waals surface area contributed by atoms with Crippen molar-refractivity contribution in [1.29, 1.82) is 0 Å². The molecule has 0 unspecified atom stereocenters. The molecule has 10 heteroatoms. The van der Waals surface area contributed by atoms with Crippen molar-refractivity contribution in [2.45, 2.75) is 6.04 Å². The standard InChI is InChI=1S/C25H20N2O7S/c1-31-14-7-8-15-19(12-14)35-25(26-15)27-21(13-6-9-16(32-2)18(11-13)33-3)20(23(29)24(27)30)22(28)17-5-4-10-34-17/h4-12,21,29H,1-3H3/t21-/m0/s1. The molecule has 0 saturated carbocycles. The van der Waals surface area contributed by atoms with Crippen LogP contribution in [0.25, 0.3) is 10.2 Å². The van der Waals surface area contributed by atoms with Crippen LogP contribution < -0.4 is 19.1 Å². The number of fused-ring (bicyclic) bond motifs is 1. The molecule has 2 aromatic carbocycles. The van der Waals surface area contributed by atoms with E-state index < -0.39 is 23.5 Å². The SMILES string of the molecule is COc1ccc2nc(N3C(=O)C(O)=C(C(=O)c4ccco4)[C@@H]3c3ccc(OC)c(OC)c3)sc2c1. The lowest BCUT2D eigenvalue weighted by molar-refractivity contribution is -0.117. The number of carbonyl (C=O) groups is 2. The van der Waals surface area contributed by atoms with Gasteiger partial charge < -0.3 is 23.7 Å². The summed E-state index contributed by atoms with van der Waals surface area (Å²) in [4.78, 5) is 32.7. The molecule has 35 heavy (non-hydrogen) atoms. The number of benzene rings is 2. The van der Waals surface area contributed by atoms with Gasteiger partial charge in [-0.1, -0.05) is 17.4 Å². The van der Waals surface area contributed by atoms with Gasteiger partial charge >= 0.3 is 0 Å². The normalized spacial score (nSPS) is 15.7. The summed E-state index contributed by atoms with van der Waals surface area (Å²) >= 11 is 1.24. The molecular formula is C25H20N2O7S. The molecule has 1 aliphatic rings. The summed E-state index contributed by atoms with van der Waals surface area (Å²) in [6, 6.07) is 12.5. The van der Waals surface area contributed by atoms with Crippen molar-refractivity contribution in [2.24, 2.45) is 0 Å². The summed E-state index contributed by atoms with van der Waals surface area (Å²) < 4.78 is 22.1. The maximum Gasteiger partial charge on any atom is 0.296 e. The van der Waals surface area contributed by atoms with E-state index in [9.17, 15) is 14.7 Å². The maximum absolute atomic E-state index is 13.4. The van der Waals surface area contributed by atoms with Gasteiger partial charge in [0.1, 0.15) is 5.75 Å². The first-order valence-corrected chi connectivity index (χ1v) is 11.3. The van der Waals surface area contributed by atoms with Gasteiger partial charge in [0.2, 0.25) is 5.78 Å². The van der Waals surface area contributed by atoms with E-state index in [4.69, 9.17) is 18.6 Å². The summed E-state index contributed by atoms with van der Waals surface area (Å²) in [6.07, 6.45) is 1.35. The van der Waals surface area contributed by atoms with E-state index in [-0.39, 0.29) is 11.3 Å². The van der Waals surface area contributed by atoms with E-state index in [1.54, 1.807) is 43.5 Å². The highest BCUT2D eigenvalue weighted by molar-refractivity contribution is 7.22. The number of nitrogens with zero attached hydrogens (tertiary/aromatic N) is 2. The topological polar surface area (TPSA) is 111 Å². The fraction of sp³-hybridized carbons (Fsp3) is 0.160. The van der Waals surface area contributed by atoms with Crippen LogP contribution in [-0.2, 0) is 4.79 Å². The van der Waals surface area contributed by atoms with Gasteiger partial charge in [0.25, 0.3) is 5.91 Å². The van der Waals surface area contributed by atoms with Crippen molar-refractivity contribution in [1.82, 2.24) is 4.98 Å². The molecule has 178 valence electrons. The van der Waals surface area contributed by atoms with Crippen LogP contribution in [0, 0.1) is 0 Å². The number of Topliss-reactive ketones (excluding diaryl/α,β-unsaturated/α-hetero) is 1. The molecule has 0 bridgehead atoms. The molecule has 1 amide bonds. The molecule has 0 radical (unpaired) electrons. The third kappa shape index (κ3) is 3.68. The van der Waals surface area contributed by atoms with Crippen molar-refractivity contribution in [3.05, 3.63) is 77.5 Å². The second kappa shape index (κ2) is 8.80. The number of ketones is 1. The number of amides is 1. The van der Waals surface area contributed by atoms with Gasteiger partial charge in [-0.3, -0.25) is 14.5 Å². The predicted octanol–water partition coefficient (Wildman–Crippen LogP) is 4.70. The second-order valence-corrected chi connectivity index (χ2v) is 8.60. The molecule has 1 N–H and O–H groups in total. The lowest BCUT2D eigenvalue weighted by Gasteiger charge is -2.25. The first kappa shape index (κ1) is 22.5. The molecular weight excluding hydrogens is 472 g/mol. The van der Waals surface area contributed by atoms with Crippen LogP contribution in [0.2, 0.25) is 0 Å². The van der Waals surface area contributed by atoms with Gasteiger partial charge in [0.05, 0.1) is 49.4 Å². The summed E-state index contributed by atoms with van der Waals surface area (Å²) in [5, 5.41) is 11.2. The zero-order chi connectivity index (χ0) is 24.7. The molecule has 1 atom stereocenters. The Morgan fingerprint density at radius 3 is 2.54 bits per heavy atom. The molecule has 0 spiro atoms. The number of anilines is 1. The first-order valence-electron chi connectivity index (χ1n) is 10.5. The quantitative estimate of drug-likeness (QED) is 0.370. The Hall–Kier alpha value is -4.31. The Morgan fingerprint density at radius 1 is 1.06 bits per heavy atom. The maximum atomic E-state index is 13.4. The number of ether oxygens (including phenoxy) is 3. The average Bonchev–Trinajstić information content (AvgIpc) is 3.61. The zero-order valence-corrected chi connectivity index (χ0v) is 19.8. The van der Waals surface area contributed by atoms with Gasteiger partial charge in [0, 0.05) is 0 Å². The number of aliphatic hydroxyl groups excluding tert-OH is 1. The molecule has 3 heterocycles. The fourth-order valence-corrected chi connectivity index (χ4v) is 5.06. The average molecular weight is 493 g/mol. The van der Waals surface area contributed by atoms with Gasteiger partial charge in [-0.2, -0.15) is 0 Å². The van der Waals surface area contributed by atoms with E-state index >= 15 is 0 Å². The van der Waals surface area contributed by atoms with Crippen molar-refractivity contribution < 1.29 is 33.3 Å². The molecule has 0 fully saturated rings. The van der Waals surface area contributed by atoms with Gasteiger partial charge in [-0.25, -0.2) is 4.98 Å². The Bertz CT molecular complexity index is 1470. The van der Waals surface area contributed by atoms with Crippen LogP contribution in [0.1, 0.15) is 22.2 Å². The van der Waals surface area contributed by atoms with Crippen LogP contribution >= 0.6 is 11.3 Å². The van der Waals surface area contributed by atoms with Crippen LogP contribution in [0.15, 0.2) is 70.5 Å². The van der Waals surface area contributed by atoms with Gasteiger partial charge in [0.15, 0.2) is 28.1 Å². The summed E-state index contributed by atoms with van der Waals surface area (Å²) in [5.41, 5.74) is 1.05. The number of carbonyl (C=O) groups excluding carboxylic acids is 2. The van der Waals surface area contributed by atoms with Crippen LogP contribution in [0.5, 0.6) is 17.2 Å². The van der Waals surface area contributed by atoms with Gasteiger partial charge in [-0.05, 0) is 48.0 Å². The minimum absolute atomic E-state index is 0.000660. The summed E-state index contributed by atoms with van der Waals surface area (Å²) in [5.74, 6) is -0.485. The van der Waals surface area contributed by atoms with Crippen molar-refractivity contribution >= 4 is 38.4 Å². The zero-order valence-electron chi connectivity index (χ0n) is 19.0. The van der Waals surface area contributed by atoms with Crippen molar-refractivity contribution in [3.8, 4) is 17.2 Å². The summed E-state index contributed by atoms with van der Waals surface area (Å²) in [6.45, 7) is 0. The highest BCUT2D eigenvalue weighted by Gasteiger charge is 2.46. The number of hydrogen-bond donors (Lipinski definition) is 1. The lowest BCUT2D eigenvalue weighted by Crippen LogP contribution is -2.31. The van der Waals surface area contributed by atoms with Crippen LogP contribution in [0.3, 0.4) is 0 Å². The first-order chi connectivity index (χ1) is 17.0. The van der Waals surface area contributed by atoms with E-state index in [2.05, 4.69) is 4.98 Å². The number of furan rings is 1. The Morgan fingerprint density at radius 2 is 1.86 bits per heavy atom. The number of rotatable bonds is 7. The predicted molar refractivity (Wildman–Crippen MR) is 129 cm³/mol. The molecule has 1 aliphatic heterocycles. The molecule has 0 aliphatic carbocycles. The Labute approximate surface area is 203 Å². The number of aliphatic hydroxyl groups is 1. The third-order valence-electron chi connectivity index (χ3n) is 5.71. The largest absolute Gasteiger partial charge is 0.503 e. The lowest BCUT2D eigenvalue weighted by atomic mass is 9.95. The Balaban J connectivity index is 1.69. The smallest absolute Gasteiger partial charge is 0.296 e. The fourth-order valence-electron chi connectivity index (χ4n) is 4.04. The molecule has 4 aromatic rings. The number of aromatic nitrogens is 1. The number of methoxy groups -OCH3 is 3. The van der Waals surface area contributed by atoms with E-state index in [0.717, 1.165) is 4.70 Å². The van der Waals surface area contributed by atoms with E-state index in [1.165, 1.54) is 42.8 Å². The van der Waals surface area contributed by atoms with E-state index in [1.807, 2.05) is 6.07 Å².